The summed E-state index contributed by atoms with van der Waals surface area (Å²) in [5.41, 5.74) is 1.74. The third-order valence-corrected chi connectivity index (χ3v) is 4.93. The number of halogens is 1. The van der Waals surface area contributed by atoms with Crippen molar-refractivity contribution in [1.29, 1.82) is 0 Å². The topological polar surface area (TPSA) is 38.8 Å². The molecule has 5 heteroatoms. The molecule has 2 aromatic rings. The van der Waals surface area contributed by atoms with Crippen LogP contribution >= 0.6 is 15.9 Å². The minimum atomic E-state index is 0.0296. The fraction of sp³-hybridized carbons (Fsp3) is 0.316. The minimum absolute atomic E-state index is 0.0296. The Morgan fingerprint density at radius 2 is 1.88 bits per heavy atom. The highest BCUT2D eigenvalue weighted by Crippen LogP contribution is 2.39. The van der Waals surface area contributed by atoms with Gasteiger partial charge in [0.15, 0.2) is 0 Å². The van der Waals surface area contributed by atoms with Crippen LogP contribution in [0.3, 0.4) is 0 Å². The highest BCUT2D eigenvalue weighted by molar-refractivity contribution is 9.10. The predicted octanol–water partition coefficient (Wildman–Crippen LogP) is 4.44. The van der Waals surface area contributed by atoms with Crippen LogP contribution in [0.4, 0.5) is 0 Å². The quantitative estimate of drug-likeness (QED) is 0.775. The van der Waals surface area contributed by atoms with Gasteiger partial charge in [-0.1, -0.05) is 15.9 Å². The molecule has 2 aromatic carbocycles. The summed E-state index contributed by atoms with van der Waals surface area (Å²) >= 11 is 3.41. The molecular formula is C19H20BrNO3. The average molecular weight is 390 g/mol. The first kappa shape index (κ1) is 16.8. The van der Waals surface area contributed by atoms with E-state index in [1.54, 1.807) is 14.2 Å². The van der Waals surface area contributed by atoms with Gasteiger partial charge in [0.1, 0.15) is 11.5 Å². The van der Waals surface area contributed by atoms with Crippen molar-refractivity contribution in [1.82, 2.24) is 4.90 Å². The van der Waals surface area contributed by atoms with Crippen molar-refractivity contribution in [3.05, 3.63) is 58.1 Å². The van der Waals surface area contributed by atoms with E-state index in [9.17, 15) is 4.79 Å². The van der Waals surface area contributed by atoms with Crippen molar-refractivity contribution in [2.45, 2.75) is 18.9 Å². The first-order chi connectivity index (χ1) is 11.6. The number of rotatable bonds is 4. The third kappa shape index (κ3) is 3.26. The molecule has 24 heavy (non-hydrogen) atoms. The second-order valence-corrected chi connectivity index (χ2v) is 6.69. The van der Waals surface area contributed by atoms with Crippen LogP contribution in [0.15, 0.2) is 46.9 Å². The molecular weight excluding hydrogens is 370 g/mol. The zero-order chi connectivity index (χ0) is 17.1. The Hall–Kier alpha value is -2.01. The molecule has 0 N–H and O–H groups in total. The summed E-state index contributed by atoms with van der Waals surface area (Å²) in [7, 11) is 3.28. The van der Waals surface area contributed by atoms with Crippen LogP contribution in [0.2, 0.25) is 0 Å². The summed E-state index contributed by atoms with van der Waals surface area (Å²) in [4.78, 5) is 14.8. The normalized spacial score (nSPS) is 17.0. The van der Waals surface area contributed by atoms with Crippen molar-refractivity contribution in [2.75, 3.05) is 20.8 Å². The van der Waals surface area contributed by atoms with Crippen LogP contribution in [0.25, 0.3) is 0 Å². The van der Waals surface area contributed by atoms with Crippen LogP contribution in [-0.4, -0.2) is 31.6 Å². The second kappa shape index (κ2) is 7.26. The number of carbonyl (C=O) groups excluding carboxylic acids is 1. The van der Waals surface area contributed by atoms with Crippen molar-refractivity contribution in [3.63, 3.8) is 0 Å². The lowest BCUT2D eigenvalue weighted by Gasteiger charge is -2.26. The van der Waals surface area contributed by atoms with Gasteiger partial charge >= 0.3 is 0 Å². The van der Waals surface area contributed by atoms with Crippen molar-refractivity contribution in [2.24, 2.45) is 0 Å². The van der Waals surface area contributed by atoms with Crippen molar-refractivity contribution < 1.29 is 14.3 Å². The first-order valence-corrected chi connectivity index (χ1v) is 8.72. The number of carbonyl (C=O) groups is 1. The maximum atomic E-state index is 12.9. The van der Waals surface area contributed by atoms with Gasteiger partial charge in [0.05, 0.1) is 20.3 Å². The maximum Gasteiger partial charge on any atom is 0.254 e. The zero-order valence-electron chi connectivity index (χ0n) is 13.8. The van der Waals surface area contributed by atoms with Crippen LogP contribution in [0, 0.1) is 0 Å². The summed E-state index contributed by atoms with van der Waals surface area (Å²) in [5.74, 6) is 1.57. The van der Waals surface area contributed by atoms with E-state index in [0.717, 1.165) is 40.9 Å². The van der Waals surface area contributed by atoms with E-state index in [1.807, 2.05) is 47.4 Å². The average Bonchev–Trinajstić information content (AvgIpc) is 3.10. The van der Waals surface area contributed by atoms with Gasteiger partial charge in [-0.2, -0.15) is 0 Å². The smallest absolute Gasteiger partial charge is 0.254 e. The van der Waals surface area contributed by atoms with Crippen molar-refractivity contribution in [3.8, 4) is 11.5 Å². The molecule has 0 aromatic heterocycles. The number of benzene rings is 2. The number of hydrogen-bond acceptors (Lipinski definition) is 3. The van der Waals surface area contributed by atoms with Gasteiger partial charge in [0.25, 0.3) is 5.91 Å². The van der Waals surface area contributed by atoms with Crippen LogP contribution in [0.5, 0.6) is 11.5 Å². The minimum Gasteiger partial charge on any atom is -0.497 e. The SMILES string of the molecule is COc1ccc([C@@H]2CCCN2C(=O)c2ccc(Br)cc2)c(OC)c1. The standard InChI is InChI=1S/C19H20BrNO3/c1-23-15-9-10-16(18(12-15)24-2)17-4-3-11-21(17)19(22)13-5-7-14(20)8-6-13/h5-10,12,17H,3-4,11H2,1-2H3/t17-/m0/s1. The molecule has 1 saturated heterocycles. The lowest BCUT2D eigenvalue weighted by molar-refractivity contribution is 0.0734. The highest BCUT2D eigenvalue weighted by Gasteiger charge is 2.32. The maximum absolute atomic E-state index is 12.9. The van der Waals surface area contributed by atoms with E-state index in [1.165, 1.54) is 0 Å². The molecule has 0 radical (unpaired) electrons. The fourth-order valence-corrected chi connectivity index (χ4v) is 3.45. The Bertz CT molecular complexity index is 730. The van der Waals surface area contributed by atoms with Crippen molar-refractivity contribution >= 4 is 21.8 Å². The number of amides is 1. The summed E-state index contributed by atoms with van der Waals surface area (Å²) in [6.07, 6.45) is 1.92. The molecule has 3 rings (SSSR count). The summed E-state index contributed by atoms with van der Waals surface area (Å²) in [6, 6.07) is 13.3. The van der Waals surface area contributed by atoms with E-state index < -0.39 is 0 Å². The van der Waals surface area contributed by atoms with Crippen LogP contribution < -0.4 is 9.47 Å². The Morgan fingerprint density at radius 1 is 1.12 bits per heavy atom. The molecule has 0 aliphatic carbocycles. The molecule has 0 bridgehead atoms. The number of likely N-dealkylation sites (tertiary alicyclic amines) is 1. The van der Waals surface area contributed by atoms with Gasteiger partial charge in [0.2, 0.25) is 0 Å². The monoisotopic (exact) mass is 389 g/mol. The highest BCUT2D eigenvalue weighted by atomic mass is 79.9. The largest absolute Gasteiger partial charge is 0.497 e. The fourth-order valence-electron chi connectivity index (χ4n) is 3.19. The summed E-state index contributed by atoms with van der Waals surface area (Å²) in [5, 5.41) is 0. The number of methoxy groups -OCH3 is 2. The van der Waals surface area contributed by atoms with Crippen LogP contribution in [-0.2, 0) is 0 Å². The summed E-state index contributed by atoms with van der Waals surface area (Å²) in [6.45, 7) is 0.759. The van der Waals surface area contributed by atoms with E-state index in [4.69, 9.17) is 9.47 Å². The molecule has 0 spiro atoms. The predicted molar refractivity (Wildman–Crippen MR) is 96.7 cm³/mol. The van der Waals surface area contributed by atoms with E-state index in [0.29, 0.717) is 5.56 Å². The molecule has 1 atom stereocenters. The van der Waals surface area contributed by atoms with Gasteiger partial charge in [-0.05, 0) is 49.2 Å². The number of ether oxygens (including phenoxy) is 2. The zero-order valence-corrected chi connectivity index (χ0v) is 15.4. The Morgan fingerprint density at radius 3 is 2.54 bits per heavy atom. The molecule has 1 heterocycles. The third-order valence-electron chi connectivity index (χ3n) is 4.40. The van der Waals surface area contributed by atoms with Gasteiger partial charge in [-0.15, -0.1) is 0 Å². The Balaban J connectivity index is 1.90. The molecule has 0 saturated carbocycles. The van der Waals surface area contributed by atoms with E-state index in [-0.39, 0.29) is 11.9 Å². The first-order valence-electron chi connectivity index (χ1n) is 7.92. The molecule has 126 valence electrons. The van der Waals surface area contributed by atoms with Crippen LogP contribution in [0.1, 0.15) is 34.8 Å². The van der Waals surface area contributed by atoms with E-state index >= 15 is 0 Å². The Labute approximate surface area is 150 Å². The van der Waals surface area contributed by atoms with Gasteiger partial charge in [-0.25, -0.2) is 0 Å². The van der Waals surface area contributed by atoms with E-state index in [2.05, 4.69) is 15.9 Å². The number of nitrogens with zero attached hydrogens (tertiary/aromatic N) is 1. The second-order valence-electron chi connectivity index (χ2n) is 5.77. The molecule has 4 nitrogen and oxygen atoms in total. The molecule has 1 amide bonds. The summed E-state index contributed by atoms with van der Waals surface area (Å²) < 4.78 is 11.8. The molecule has 1 aliphatic heterocycles. The number of hydrogen-bond donors (Lipinski definition) is 0. The lowest BCUT2D eigenvalue weighted by Crippen LogP contribution is -2.30. The lowest BCUT2D eigenvalue weighted by atomic mass is 10.0. The van der Waals surface area contributed by atoms with Gasteiger partial charge in [-0.3, -0.25) is 4.79 Å². The van der Waals surface area contributed by atoms with Gasteiger partial charge < -0.3 is 14.4 Å². The molecule has 1 fully saturated rings. The van der Waals surface area contributed by atoms with Gasteiger partial charge in [0, 0.05) is 28.2 Å². The Kier molecular flexibility index (Phi) is 5.09. The molecule has 1 aliphatic rings. The molecule has 0 unspecified atom stereocenters.